The molecule has 5 rings (SSSR count). The van der Waals surface area contributed by atoms with Gasteiger partial charge in [0.2, 0.25) is 5.91 Å². The Kier molecular flexibility index (Phi) is 4.75. The minimum absolute atomic E-state index is 0.279. The number of carbonyl (C=O) groups excluding carboxylic acids is 1. The van der Waals surface area contributed by atoms with Crippen LogP contribution in [0.25, 0.3) is 16.6 Å². The molecule has 0 aliphatic carbocycles. The first-order valence-corrected chi connectivity index (χ1v) is 10.4. The van der Waals surface area contributed by atoms with Gasteiger partial charge in [-0.1, -0.05) is 0 Å². The topological polar surface area (TPSA) is 53.3 Å². The molecule has 29 heavy (non-hydrogen) atoms. The highest BCUT2D eigenvalue weighted by Crippen LogP contribution is 2.28. The van der Waals surface area contributed by atoms with E-state index in [0.717, 1.165) is 80.2 Å². The van der Waals surface area contributed by atoms with Crippen LogP contribution in [0.5, 0.6) is 5.75 Å². The van der Waals surface area contributed by atoms with Crippen molar-refractivity contribution in [2.45, 2.75) is 12.8 Å². The van der Waals surface area contributed by atoms with E-state index < -0.39 is 0 Å². The Balaban J connectivity index is 1.35. The summed E-state index contributed by atoms with van der Waals surface area (Å²) in [5.41, 5.74) is 3.11. The molecule has 0 saturated carbocycles. The monoisotopic (exact) mass is 393 g/mol. The molecular formula is C22H27N5O2. The van der Waals surface area contributed by atoms with Crippen molar-refractivity contribution in [3.63, 3.8) is 0 Å². The van der Waals surface area contributed by atoms with E-state index in [-0.39, 0.29) is 5.91 Å². The average molecular weight is 393 g/mol. The molecule has 7 heteroatoms. The summed E-state index contributed by atoms with van der Waals surface area (Å²) in [5, 5.41) is 0. The number of rotatable bonds is 4. The summed E-state index contributed by atoms with van der Waals surface area (Å²) in [5.74, 6) is 2.09. The SMILES string of the molecule is COc1ccc2c(c1)nc(N1CCN(CC(=O)N3CCCC3)CC1)c1cccn12. The Bertz CT molecular complexity index is 1030. The van der Waals surface area contributed by atoms with Gasteiger partial charge in [0, 0.05) is 51.5 Å². The molecule has 0 radical (unpaired) electrons. The van der Waals surface area contributed by atoms with Gasteiger partial charge in [0.05, 0.1) is 30.2 Å². The number of amides is 1. The van der Waals surface area contributed by atoms with Gasteiger partial charge in [-0.3, -0.25) is 9.69 Å². The first kappa shape index (κ1) is 18.2. The average Bonchev–Trinajstić information content (AvgIpc) is 3.45. The van der Waals surface area contributed by atoms with Crippen molar-refractivity contribution in [1.82, 2.24) is 19.2 Å². The Morgan fingerprint density at radius 1 is 1.03 bits per heavy atom. The van der Waals surface area contributed by atoms with Gasteiger partial charge in [0.25, 0.3) is 0 Å². The largest absolute Gasteiger partial charge is 0.497 e. The van der Waals surface area contributed by atoms with Crippen molar-refractivity contribution in [3.8, 4) is 5.75 Å². The lowest BCUT2D eigenvalue weighted by Gasteiger charge is -2.36. The van der Waals surface area contributed by atoms with Crippen molar-refractivity contribution in [3.05, 3.63) is 36.5 Å². The van der Waals surface area contributed by atoms with Gasteiger partial charge in [-0.25, -0.2) is 4.98 Å². The highest BCUT2D eigenvalue weighted by atomic mass is 16.5. The van der Waals surface area contributed by atoms with E-state index in [0.29, 0.717) is 6.54 Å². The molecule has 1 amide bonds. The van der Waals surface area contributed by atoms with E-state index in [2.05, 4.69) is 38.6 Å². The molecule has 2 fully saturated rings. The molecule has 3 aromatic rings. The summed E-state index contributed by atoms with van der Waals surface area (Å²) in [6.07, 6.45) is 4.37. The van der Waals surface area contributed by atoms with Gasteiger partial charge in [0.1, 0.15) is 5.75 Å². The lowest BCUT2D eigenvalue weighted by atomic mass is 10.2. The zero-order chi connectivity index (χ0) is 19.8. The van der Waals surface area contributed by atoms with Gasteiger partial charge in [-0.2, -0.15) is 0 Å². The molecule has 2 aliphatic rings. The van der Waals surface area contributed by atoms with Gasteiger partial charge in [0.15, 0.2) is 5.82 Å². The molecule has 1 aromatic carbocycles. The first-order valence-electron chi connectivity index (χ1n) is 10.4. The molecule has 0 atom stereocenters. The molecule has 0 N–H and O–H groups in total. The lowest BCUT2D eigenvalue weighted by molar-refractivity contribution is -0.131. The van der Waals surface area contributed by atoms with Crippen LogP contribution in [0.1, 0.15) is 12.8 Å². The Labute approximate surface area is 170 Å². The maximum Gasteiger partial charge on any atom is 0.236 e. The molecule has 0 spiro atoms. The predicted octanol–water partition coefficient (Wildman–Crippen LogP) is 2.24. The molecule has 0 bridgehead atoms. The third-order valence-corrected chi connectivity index (χ3v) is 6.14. The quantitative estimate of drug-likeness (QED) is 0.681. The Morgan fingerprint density at radius 3 is 2.59 bits per heavy atom. The Hall–Kier alpha value is -2.80. The van der Waals surface area contributed by atoms with Crippen LogP contribution < -0.4 is 9.64 Å². The van der Waals surface area contributed by atoms with Crippen LogP contribution in [0.4, 0.5) is 5.82 Å². The van der Waals surface area contributed by atoms with E-state index in [9.17, 15) is 4.79 Å². The number of fused-ring (bicyclic) bond motifs is 3. The summed E-state index contributed by atoms with van der Waals surface area (Å²) in [6.45, 7) is 5.89. The van der Waals surface area contributed by atoms with E-state index in [4.69, 9.17) is 9.72 Å². The molecule has 0 unspecified atom stereocenters. The number of hydrogen-bond donors (Lipinski definition) is 0. The number of likely N-dealkylation sites (tertiary alicyclic amines) is 1. The van der Waals surface area contributed by atoms with E-state index in [1.54, 1.807) is 7.11 Å². The van der Waals surface area contributed by atoms with Crippen LogP contribution in [0, 0.1) is 0 Å². The first-order chi connectivity index (χ1) is 14.2. The number of ether oxygens (including phenoxy) is 1. The van der Waals surface area contributed by atoms with Crippen LogP contribution in [0.3, 0.4) is 0 Å². The number of anilines is 1. The zero-order valence-electron chi connectivity index (χ0n) is 16.9. The van der Waals surface area contributed by atoms with Gasteiger partial charge < -0.3 is 18.9 Å². The zero-order valence-corrected chi connectivity index (χ0v) is 16.9. The third-order valence-electron chi connectivity index (χ3n) is 6.14. The second-order valence-corrected chi connectivity index (χ2v) is 7.90. The van der Waals surface area contributed by atoms with Crippen LogP contribution in [-0.4, -0.2) is 78.0 Å². The highest BCUT2D eigenvalue weighted by molar-refractivity contribution is 5.86. The molecule has 152 valence electrons. The smallest absolute Gasteiger partial charge is 0.236 e. The van der Waals surface area contributed by atoms with Crippen molar-refractivity contribution in [2.75, 3.05) is 57.8 Å². The highest BCUT2D eigenvalue weighted by Gasteiger charge is 2.25. The fourth-order valence-electron chi connectivity index (χ4n) is 4.48. The van der Waals surface area contributed by atoms with Gasteiger partial charge >= 0.3 is 0 Å². The number of carbonyl (C=O) groups is 1. The fourth-order valence-corrected chi connectivity index (χ4v) is 4.48. The van der Waals surface area contributed by atoms with E-state index >= 15 is 0 Å². The van der Waals surface area contributed by atoms with Crippen molar-refractivity contribution >= 4 is 28.3 Å². The lowest BCUT2D eigenvalue weighted by Crippen LogP contribution is -2.50. The third kappa shape index (κ3) is 3.40. The fraction of sp³-hybridized carbons (Fsp3) is 0.455. The van der Waals surface area contributed by atoms with Gasteiger partial charge in [-0.05, 0) is 37.1 Å². The van der Waals surface area contributed by atoms with Crippen LogP contribution >= 0.6 is 0 Å². The second kappa shape index (κ2) is 7.55. The minimum Gasteiger partial charge on any atom is -0.497 e. The van der Waals surface area contributed by atoms with Crippen molar-refractivity contribution in [1.29, 1.82) is 0 Å². The summed E-state index contributed by atoms with van der Waals surface area (Å²) in [4.78, 5) is 24.1. The van der Waals surface area contributed by atoms with E-state index in [1.807, 2.05) is 17.0 Å². The number of aromatic nitrogens is 2. The maximum absolute atomic E-state index is 12.5. The van der Waals surface area contributed by atoms with Gasteiger partial charge in [-0.15, -0.1) is 0 Å². The minimum atomic E-state index is 0.279. The van der Waals surface area contributed by atoms with Crippen LogP contribution in [-0.2, 0) is 4.79 Å². The number of hydrogen-bond acceptors (Lipinski definition) is 5. The molecule has 2 aliphatic heterocycles. The normalized spacial score (nSPS) is 18.1. The summed E-state index contributed by atoms with van der Waals surface area (Å²) in [7, 11) is 1.68. The standard InChI is InChI=1S/C22H27N5O2/c1-29-17-6-7-19-18(15-17)23-22(20-5-4-10-27(19)20)26-13-11-24(12-14-26)16-21(28)25-8-2-3-9-25/h4-7,10,15H,2-3,8-9,11-14,16H2,1H3. The van der Waals surface area contributed by atoms with Crippen molar-refractivity contribution < 1.29 is 9.53 Å². The number of benzene rings is 1. The summed E-state index contributed by atoms with van der Waals surface area (Å²) < 4.78 is 7.58. The molecular weight excluding hydrogens is 366 g/mol. The van der Waals surface area contributed by atoms with Crippen LogP contribution in [0.15, 0.2) is 36.5 Å². The van der Waals surface area contributed by atoms with E-state index in [1.165, 1.54) is 0 Å². The summed E-state index contributed by atoms with van der Waals surface area (Å²) >= 11 is 0. The second-order valence-electron chi connectivity index (χ2n) is 7.90. The number of methoxy groups -OCH3 is 1. The molecule has 2 aromatic heterocycles. The van der Waals surface area contributed by atoms with Crippen molar-refractivity contribution in [2.24, 2.45) is 0 Å². The maximum atomic E-state index is 12.5. The summed E-state index contributed by atoms with van der Waals surface area (Å²) in [6, 6.07) is 10.2. The Morgan fingerprint density at radius 2 is 1.83 bits per heavy atom. The number of nitrogens with zero attached hydrogens (tertiary/aromatic N) is 5. The van der Waals surface area contributed by atoms with Crippen LogP contribution in [0.2, 0.25) is 0 Å². The molecule has 2 saturated heterocycles. The molecule has 7 nitrogen and oxygen atoms in total. The predicted molar refractivity (Wildman–Crippen MR) is 114 cm³/mol. The number of piperazine rings is 1. The molecule has 4 heterocycles.